The minimum absolute atomic E-state index is 0.0858. The number of benzene rings is 1. The van der Waals surface area contributed by atoms with E-state index in [4.69, 9.17) is 0 Å². The van der Waals surface area contributed by atoms with Gasteiger partial charge in [0.2, 0.25) is 5.95 Å². The van der Waals surface area contributed by atoms with Crippen molar-refractivity contribution in [3.63, 3.8) is 0 Å². The molecule has 0 spiro atoms. The lowest BCUT2D eigenvalue weighted by Crippen LogP contribution is -2.38. The molecule has 9 heteroatoms. The molecule has 0 fully saturated rings. The van der Waals surface area contributed by atoms with E-state index in [1.165, 1.54) is 12.3 Å². The van der Waals surface area contributed by atoms with Crippen LogP contribution in [-0.2, 0) is 0 Å². The molecule has 0 aliphatic heterocycles. The third-order valence-electron chi connectivity index (χ3n) is 4.79. The molecular formula is C20H23F2N5O2. The zero-order valence-electron chi connectivity index (χ0n) is 16.3. The molecule has 0 saturated carbocycles. The number of aryl methyl sites for hydroxylation is 1. The number of aliphatic hydroxyl groups is 2. The normalized spacial score (nSPS) is 14.6. The smallest absolute Gasteiger partial charge is 0.280 e. The first-order chi connectivity index (χ1) is 13.7. The number of hydrogen-bond acceptors (Lipinski definition) is 6. The number of rotatable bonds is 7. The SMILES string of the molecule is Cc1cc(Nc2nccc(C(F)F)n2)cc(-c2cnn(C(C)C(C)(O)CO)c2)c1. The summed E-state index contributed by atoms with van der Waals surface area (Å²) in [6, 6.07) is 6.38. The molecule has 3 N–H and O–H groups in total. The van der Waals surface area contributed by atoms with Crippen LogP contribution in [0.25, 0.3) is 11.1 Å². The average molecular weight is 403 g/mol. The van der Waals surface area contributed by atoms with Gasteiger partial charge in [-0.05, 0) is 50.1 Å². The Morgan fingerprint density at radius 1 is 1.24 bits per heavy atom. The highest BCUT2D eigenvalue weighted by Crippen LogP contribution is 2.28. The minimum atomic E-state index is -2.67. The Balaban J connectivity index is 1.87. The minimum Gasteiger partial charge on any atom is -0.393 e. The lowest BCUT2D eigenvalue weighted by Gasteiger charge is -2.28. The van der Waals surface area contributed by atoms with Crippen LogP contribution in [-0.4, -0.2) is 42.2 Å². The van der Waals surface area contributed by atoms with Crippen LogP contribution in [0.3, 0.4) is 0 Å². The topological polar surface area (TPSA) is 96.1 Å². The Hall–Kier alpha value is -2.91. The maximum atomic E-state index is 12.9. The van der Waals surface area contributed by atoms with Crippen molar-refractivity contribution in [1.29, 1.82) is 0 Å². The summed E-state index contributed by atoms with van der Waals surface area (Å²) in [6.45, 7) is 4.83. The average Bonchev–Trinajstić information content (AvgIpc) is 3.17. The van der Waals surface area contributed by atoms with Gasteiger partial charge in [0.05, 0.1) is 18.8 Å². The highest BCUT2D eigenvalue weighted by Gasteiger charge is 2.29. The summed E-state index contributed by atoms with van der Waals surface area (Å²) in [4.78, 5) is 7.81. The molecule has 3 aromatic rings. The van der Waals surface area contributed by atoms with Gasteiger partial charge in [0.1, 0.15) is 11.3 Å². The lowest BCUT2D eigenvalue weighted by atomic mass is 9.99. The van der Waals surface area contributed by atoms with Crippen molar-refractivity contribution in [2.24, 2.45) is 0 Å². The summed E-state index contributed by atoms with van der Waals surface area (Å²) in [5.41, 5.74) is 1.59. The molecule has 1 aromatic carbocycles. The second-order valence-electron chi connectivity index (χ2n) is 7.22. The van der Waals surface area contributed by atoms with Crippen LogP contribution < -0.4 is 5.32 Å². The van der Waals surface area contributed by atoms with Gasteiger partial charge in [-0.15, -0.1) is 0 Å². The van der Waals surface area contributed by atoms with E-state index >= 15 is 0 Å². The van der Waals surface area contributed by atoms with Gasteiger partial charge < -0.3 is 15.5 Å². The number of hydrogen-bond donors (Lipinski definition) is 3. The number of nitrogens with one attached hydrogen (secondary N) is 1. The van der Waals surface area contributed by atoms with Gasteiger partial charge in [-0.25, -0.2) is 18.7 Å². The summed E-state index contributed by atoms with van der Waals surface area (Å²) in [7, 11) is 0. The van der Waals surface area contributed by atoms with E-state index in [9.17, 15) is 19.0 Å². The predicted molar refractivity (Wildman–Crippen MR) is 105 cm³/mol. The lowest BCUT2D eigenvalue weighted by molar-refractivity contribution is -0.0388. The van der Waals surface area contributed by atoms with E-state index in [0.717, 1.165) is 16.7 Å². The fourth-order valence-electron chi connectivity index (χ4n) is 2.82. The molecule has 7 nitrogen and oxygen atoms in total. The number of anilines is 2. The summed E-state index contributed by atoms with van der Waals surface area (Å²) in [6.07, 6.45) is 2.06. The van der Waals surface area contributed by atoms with Crippen LogP contribution in [0, 0.1) is 6.92 Å². The number of nitrogens with zero attached hydrogens (tertiary/aromatic N) is 4. The van der Waals surface area contributed by atoms with Crippen molar-refractivity contribution in [3.8, 4) is 11.1 Å². The second-order valence-corrected chi connectivity index (χ2v) is 7.22. The maximum Gasteiger partial charge on any atom is 0.280 e. The predicted octanol–water partition coefficient (Wildman–Crippen LogP) is 3.63. The fourth-order valence-corrected chi connectivity index (χ4v) is 2.82. The van der Waals surface area contributed by atoms with Gasteiger partial charge in [0, 0.05) is 23.6 Å². The van der Waals surface area contributed by atoms with Crippen LogP contribution in [0.5, 0.6) is 0 Å². The second kappa shape index (κ2) is 8.22. The van der Waals surface area contributed by atoms with Crippen molar-refractivity contribution >= 4 is 11.6 Å². The molecule has 2 unspecified atom stereocenters. The standard InChI is InChI=1S/C20H23F2N5O2/c1-12-6-14(15-9-24-27(10-15)13(2)20(3,29)11-28)8-16(7-12)25-19-23-5-4-17(26-19)18(21)22/h4-10,13,18,28-29H,11H2,1-3H3,(H,23,25,26). The van der Waals surface area contributed by atoms with Gasteiger partial charge in [-0.2, -0.15) is 5.10 Å². The van der Waals surface area contributed by atoms with Crippen molar-refractivity contribution in [2.45, 2.75) is 38.8 Å². The molecule has 2 heterocycles. The van der Waals surface area contributed by atoms with E-state index in [1.54, 1.807) is 30.9 Å². The third-order valence-corrected chi connectivity index (χ3v) is 4.79. The zero-order valence-corrected chi connectivity index (χ0v) is 16.3. The van der Waals surface area contributed by atoms with E-state index in [1.807, 2.05) is 25.1 Å². The number of alkyl halides is 2. The maximum absolute atomic E-state index is 12.9. The summed E-state index contributed by atoms with van der Waals surface area (Å²) >= 11 is 0. The van der Waals surface area contributed by atoms with Gasteiger partial charge in [0.25, 0.3) is 6.43 Å². The van der Waals surface area contributed by atoms with Crippen LogP contribution in [0.4, 0.5) is 20.4 Å². The van der Waals surface area contributed by atoms with Crippen LogP contribution in [0.15, 0.2) is 42.9 Å². The molecule has 0 saturated heterocycles. The Kier molecular flexibility index (Phi) is 5.90. The van der Waals surface area contributed by atoms with Crippen molar-refractivity contribution in [1.82, 2.24) is 19.7 Å². The summed E-state index contributed by atoms with van der Waals surface area (Å²) in [5.74, 6) is 0.0858. The third kappa shape index (κ3) is 4.75. The molecule has 0 bridgehead atoms. The van der Waals surface area contributed by atoms with E-state index < -0.39 is 18.1 Å². The molecule has 3 rings (SSSR count). The van der Waals surface area contributed by atoms with Crippen LogP contribution >= 0.6 is 0 Å². The van der Waals surface area contributed by atoms with Gasteiger partial charge in [0.15, 0.2) is 0 Å². The first-order valence-electron chi connectivity index (χ1n) is 9.07. The van der Waals surface area contributed by atoms with Gasteiger partial charge in [-0.1, -0.05) is 6.07 Å². The molecule has 2 aromatic heterocycles. The van der Waals surface area contributed by atoms with Crippen molar-refractivity contribution < 1.29 is 19.0 Å². The van der Waals surface area contributed by atoms with Crippen molar-refractivity contribution in [3.05, 3.63) is 54.1 Å². The Bertz CT molecular complexity index is 991. The van der Waals surface area contributed by atoms with E-state index in [-0.39, 0.29) is 18.2 Å². The number of halogens is 2. The highest BCUT2D eigenvalue weighted by molar-refractivity contribution is 5.70. The first kappa shape index (κ1) is 20.8. The quantitative estimate of drug-likeness (QED) is 0.558. The van der Waals surface area contributed by atoms with E-state index in [2.05, 4.69) is 20.4 Å². The van der Waals surface area contributed by atoms with Crippen molar-refractivity contribution in [2.75, 3.05) is 11.9 Å². The fraction of sp³-hybridized carbons (Fsp3) is 0.350. The summed E-state index contributed by atoms with van der Waals surface area (Å²) in [5, 5.41) is 26.9. The Morgan fingerprint density at radius 2 is 2.00 bits per heavy atom. The highest BCUT2D eigenvalue weighted by atomic mass is 19.3. The van der Waals surface area contributed by atoms with Gasteiger partial charge in [-0.3, -0.25) is 4.68 Å². The molecule has 2 atom stereocenters. The Morgan fingerprint density at radius 3 is 2.69 bits per heavy atom. The zero-order chi connectivity index (χ0) is 21.2. The molecule has 29 heavy (non-hydrogen) atoms. The monoisotopic (exact) mass is 403 g/mol. The molecular weight excluding hydrogens is 380 g/mol. The summed E-state index contributed by atoms with van der Waals surface area (Å²) < 4.78 is 27.3. The molecule has 0 aliphatic rings. The number of aliphatic hydroxyl groups excluding tert-OH is 1. The molecule has 0 radical (unpaired) electrons. The Labute approximate surface area is 167 Å². The van der Waals surface area contributed by atoms with E-state index in [0.29, 0.717) is 5.69 Å². The van der Waals surface area contributed by atoms with Crippen LogP contribution in [0.1, 0.15) is 37.6 Å². The molecule has 0 amide bonds. The van der Waals surface area contributed by atoms with Gasteiger partial charge >= 0.3 is 0 Å². The molecule has 0 aliphatic carbocycles. The largest absolute Gasteiger partial charge is 0.393 e. The number of aromatic nitrogens is 4. The molecule has 154 valence electrons. The first-order valence-corrected chi connectivity index (χ1v) is 9.07. The van der Waals surface area contributed by atoms with Crippen LogP contribution in [0.2, 0.25) is 0 Å².